The highest BCUT2D eigenvalue weighted by Gasteiger charge is 2.36. The predicted molar refractivity (Wildman–Crippen MR) is 121 cm³/mol. The second-order valence-corrected chi connectivity index (χ2v) is 8.98. The summed E-state index contributed by atoms with van der Waals surface area (Å²) >= 11 is 1.55. The van der Waals surface area contributed by atoms with Gasteiger partial charge in [0.2, 0.25) is 0 Å². The SMILES string of the molecule is C=C1C[C@@H](c2nc3c(C)cccc3[nH]2)N(C(=O)c2nc(C)sc2-c2ccccc2)C1. The number of carbonyl (C=O) groups excluding carboxylic acids is 1. The van der Waals surface area contributed by atoms with Crippen LogP contribution in [-0.2, 0) is 0 Å². The van der Waals surface area contributed by atoms with Crippen LogP contribution >= 0.6 is 11.3 Å². The van der Waals surface area contributed by atoms with Crippen molar-refractivity contribution in [2.24, 2.45) is 0 Å². The molecule has 1 amide bonds. The Morgan fingerprint density at radius 2 is 1.93 bits per heavy atom. The van der Waals surface area contributed by atoms with Crippen LogP contribution in [0.5, 0.6) is 0 Å². The summed E-state index contributed by atoms with van der Waals surface area (Å²) in [4.78, 5) is 29.3. The summed E-state index contributed by atoms with van der Waals surface area (Å²) in [6, 6.07) is 15.9. The number of carbonyl (C=O) groups is 1. The molecule has 0 saturated carbocycles. The van der Waals surface area contributed by atoms with Gasteiger partial charge in [0.15, 0.2) is 0 Å². The number of aromatic amines is 1. The van der Waals surface area contributed by atoms with Crippen molar-refractivity contribution in [2.75, 3.05) is 6.54 Å². The van der Waals surface area contributed by atoms with Crippen molar-refractivity contribution in [3.8, 4) is 10.4 Å². The Hall–Kier alpha value is -3.25. The third kappa shape index (κ3) is 3.13. The van der Waals surface area contributed by atoms with Crippen molar-refractivity contribution in [3.63, 3.8) is 0 Å². The van der Waals surface area contributed by atoms with E-state index < -0.39 is 0 Å². The molecule has 1 aliphatic heterocycles. The highest BCUT2D eigenvalue weighted by atomic mass is 32.1. The minimum absolute atomic E-state index is 0.0703. The van der Waals surface area contributed by atoms with Crippen LogP contribution in [0.1, 0.15) is 39.3 Å². The fourth-order valence-corrected chi connectivity index (χ4v) is 5.02. The number of amides is 1. The first kappa shape index (κ1) is 18.8. The maximum atomic E-state index is 13.7. The highest BCUT2D eigenvalue weighted by Crippen LogP contribution is 2.38. The molecule has 3 heterocycles. The number of nitrogens with one attached hydrogen (secondary N) is 1. The number of aromatic nitrogens is 3. The monoisotopic (exact) mass is 414 g/mol. The number of nitrogens with zero attached hydrogens (tertiary/aromatic N) is 3. The van der Waals surface area contributed by atoms with Crippen LogP contribution in [-0.4, -0.2) is 32.3 Å². The summed E-state index contributed by atoms with van der Waals surface area (Å²) in [5.41, 5.74) is 5.61. The zero-order valence-electron chi connectivity index (χ0n) is 17.0. The number of likely N-dealkylation sites (tertiary alicyclic amines) is 1. The summed E-state index contributed by atoms with van der Waals surface area (Å²) in [7, 11) is 0. The summed E-state index contributed by atoms with van der Waals surface area (Å²) in [5.74, 6) is 0.735. The molecule has 1 aliphatic rings. The van der Waals surface area contributed by atoms with E-state index in [-0.39, 0.29) is 11.9 Å². The fourth-order valence-electron chi connectivity index (χ4n) is 4.10. The van der Waals surface area contributed by atoms with Crippen molar-refractivity contribution in [1.29, 1.82) is 0 Å². The van der Waals surface area contributed by atoms with E-state index in [0.29, 0.717) is 18.7 Å². The predicted octanol–water partition coefficient (Wildman–Crippen LogP) is 5.45. The highest BCUT2D eigenvalue weighted by molar-refractivity contribution is 7.15. The topological polar surface area (TPSA) is 61.9 Å². The molecule has 5 rings (SSSR count). The Kier molecular flexibility index (Phi) is 4.51. The van der Waals surface area contributed by atoms with Gasteiger partial charge in [0, 0.05) is 6.54 Å². The van der Waals surface area contributed by atoms with Gasteiger partial charge in [-0.1, -0.05) is 54.6 Å². The number of H-pyrrole nitrogens is 1. The maximum absolute atomic E-state index is 13.7. The molecule has 1 fully saturated rings. The number of rotatable bonds is 3. The first-order valence-corrected chi connectivity index (χ1v) is 10.8. The molecule has 5 nitrogen and oxygen atoms in total. The third-order valence-electron chi connectivity index (χ3n) is 5.53. The number of hydrogen-bond acceptors (Lipinski definition) is 4. The van der Waals surface area contributed by atoms with Crippen molar-refractivity contribution >= 4 is 28.3 Å². The van der Waals surface area contributed by atoms with Crippen molar-refractivity contribution in [3.05, 3.63) is 82.8 Å². The van der Waals surface area contributed by atoms with Gasteiger partial charge in [-0.15, -0.1) is 11.3 Å². The van der Waals surface area contributed by atoms with Gasteiger partial charge in [-0.3, -0.25) is 4.79 Å². The number of thiazole rings is 1. The molecule has 0 unspecified atom stereocenters. The Labute approximate surface area is 179 Å². The summed E-state index contributed by atoms with van der Waals surface area (Å²) in [6.45, 7) is 8.67. The number of hydrogen-bond donors (Lipinski definition) is 1. The summed E-state index contributed by atoms with van der Waals surface area (Å²) in [6.07, 6.45) is 0.703. The smallest absolute Gasteiger partial charge is 0.274 e. The lowest BCUT2D eigenvalue weighted by molar-refractivity contribution is 0.0728. The van der Waals surface area contributed by atoms with Gasteiger partial charge < -0.3 is 9.88 Å². The fraction of sp³-hybridized carbons (Fsp3) is 0.208. The van der Waals surface area contributed by atoms with Crippen molar-refractivity contribution in [2.45, 2.75) is 26.3 Å². The van der Waals surface area contributed by atoms with Gasteiger partial charge >= 0.3 is 0 Å². The molecule has 1 N–H and O–H groups in total. The van der Waals surface area contributed by atoms with Crippen molar-refractivity contribution in [1.82, 2.24) is 19.9 Å². The van der Waals surface area contributed by atoms with Crippen molar-refractivity contribution < 1.29 is 4.79 Å². The van der Waals surface area contributed by atoms with Gasteiger partial charge in [0.1, 0.15) is 11.5 Å². The van der Waals surface area contributed by atoms with Gasteiger partial charge in [0.05, 0.1) is 27.0 Å². The zero-order valence-corrected chi connectivity index (χ0v) is 17.8. The van der Waals surface area contributed by atoms with Crippen LogP contribution < -0.4 is 0 Å². The van der Waals surface area contributed by atoms with Crippen LogP contribution in [0.3, 0.4) is 0 Å². The van der Waals surface area contributed by atoms with Crippen LogP contribution in [0.15, 0.2) is 60.7 Å². The van der Waals surface area contributed by atoms with Gasteiger partial charge in [-0.05, 0) is 37.5 Å². The molecule has 1 saturated heterocycles. The lowest BCUT2D eigenvalue weighted by Crippen LogP contribution is -2.31. The first-order valence-electron chi connectivity index (χ1n) is 9.97. The van der Waals surface area contributed by atoms with Crippen LogP contribution in [0, 0.1) is 13.8 Å². The average Bonchev–Trinajstić information content (AvgIpc) is 3.45. The third-order valence-corrected chi connectivity index (χ3v) is 6.55. The van der Waals surface area contributed by atoms with Gasteiger partial charge in [0.25, 0.3) is 5.91 Å². The molecule has 2 aromatic carbocycles. The minimum Gasteiger partial charge on any atom is -0.340 e. The van der Waals surface area contributed by atoms with Crippen LogP contribution in [0.2, 0.25) is 0 Å². The van der Waals surface area contributed by atoms with E-state index >= 15 is 0 Å². The molecule has 0 bridgehead atoms. The largest absolute Gasteiger partial charge is 0.340 e. The zero-order chi connectivity index (χ0) is 20.8. The van der Waals surface area contributed by atoms with E-state index in [2.05, 4.69) is 16.5 Å². The molecule has 4 aromatic rings. The number of imidazole rings is 1. The van der Waals surface area contributed by atoms with E-state index in [1.165, 1.54) is 0 Å². The molecule has 150 valence electrons. The molecule has 0 aliphatic carbocycles. The van der Waals surface area contributed by atoms with E-state index in [9.17, 15) is 4.79 Å². The normalized spacial score (nSPS) is 16.5. The molecule has 2 aromatic heterocycles. The molecular weight excluding hydrogens is 392 g/mol. The number of benzene rings is 2. The first-order chi connectivity index (χ1) is 14.5. The molecule has 0 spiro atoms. The number of fused-ring (bicyclic) bond motifs is 1. The second-order valence-electron chi connectivity index (χ2n) is 7.77. The number of para-hydroxylation sites is 1. The Morgan fingerprint density at radius 1 is 1.13 bits per heavy atom. The second kappa shape index (κ2) is 7.22. The minimum atomic E-state index is -0.164. The van der Waals surface area contributed by atoms with E-state index in [1.807, 2.05) is 67.3 Å². The van der Waals surface area contributed by atoms with E-state index in [0.717, 1.165) is 43.4 Å². The molecular formula is C24H22N4OS. The lowest BCUT2D eigenvalue weighted by Gasteiger charge is -2.22. The summed E-state index contributed by atoms with van der Waals surface area (Å²) in [5, 5.41) is 0.881. The Balaban J connectivity index is 1.55. The molecule has 30 heavy (non-hydrogen) atoms. The van der Waals surface area contributed by atoms with Gasteiger partial charge in [-0.25, -0.2) is 9.97 Å². The molecule has 0 radical (unpaired) electrons. The standard InChI is InChI=1S/C24H22N4OS/c1-14-12-19(23-26-18-11-7-8-15(2)20(18)27-23)28(13-14)24(29)21-22(30-16(3)25-21)17-9-5-4-6-10-17/h4-11,19H,1,12-13H2,2-3H3,(H,26,27)/t19-/m0/s1. The van der Waals surface area contributed by atoms with Crippen LogP contribution in [0.25, 0.3) is 21.5 Å². The van der Waals surface area contributed by atoms with Crippen LogP contribution in [0.4, 0.5) is 0 Å². The quantitative estimate of drug-likeness (QED) is 0.454. The summed E-state index contributed by atoms with van der Waals surface area (Å²) < 4.78 is 0. The molecule has 1 atom stereocenters. The molecule has 6 heteroatoms. The Bertz CT molecular complexity index is 1270. The van der Waals surface area contributed by atoms with Gasteiger partial charge in [-0.2, -0.15) is 0 Å². The van der Waals surface area contributed by atoms with E-state index in [4.69, 9.17) is 4.98 Å². The Morgan fingerprint density at radius 3 is 2.70 bits per heavy atom. The average molecular weight is 415 g/mol. The maximum Gasteiger partial charge on any atom is 0.274 e. The number of aryl methyl sites for hydroxylation is 2. The lowest BCUT2D eigenvalue weighted by atomic mass is 10.1. The van der Waals surface area contributed by atoms with E-state index in [1.54, 1.807) is 11.3 Å².